The summed E-state index contributed by atoms with van der Waals surface area (Å²) in [6.07, 6.45) is 0. The second kappa shape index (κ2) is 7.25. The Balaban J connectivity index is 2.42. The van der Waals surface area contributed by atoms with E-state index in [1.807, 2.05) is 30.3 Å². The summed E-state index contributed by atoms with van der Waals surface area (Å²) in [5.41, 5.74) is 0.127. The number of hydrogen-bond donors (Lipinski definition) is 1. The lowest BCUT2D eigenvalue weighted by Crippen LogP contribution is -2.54. The van der Waals surface area contributed by atoms with E-state index in [1.165, 1.54) is 7.11 Å². The second-order valence-corrected chi connectivity index (χ2v) is 7.32. The topological polar surface area (TPSA) is 81.7 Å². The minimum absolute atomic E-state index is 0.437. The third kappa shape index (κ3) is 4.18. The van der Waals surface area contributed by atoms with Gasteiger partial charge in [0.05, 0.1) is 19.1 Å². The molecule has 0 saturated carbocycles. The SMILES string of the molecule is COC(=O)[C@@H]1C(=O)N[C@@H](c2ccccc2)[C@@H](C(=O)OC(C)(C)C)[C@H]1C. The number of carbonyl (C=O) groups is 3. The number of benzene rings is 1. The van der Waals surface area contributed by atoms with Crippen LogP contribution in [0.4, 0.5) is 0 Å². The van der Waals surface area contributed by atoms with Gasteiger partial charge in [-0.1, -0.05) is 37.3 Å². The van der Waals surface area contributed by atoms with Gasteiger partial charge in [0.2, 0.25) is 5.91 Å². The Morgan fingerprint density at radius 1 is 1.08 bits per heavy atom. The van der Waals surface area contributed by atoms with Gasteiger partial charge in [-0.2, -0.15) is 0 Å². The Labute approximate surface area is 147 Å². The molecule has 0 unspecified atom stereocenters. The molecule has 1 N–H and O–H groups in total. The Kier molecular flexibility index (Phi) is 5.50. The summed E-state index contributed by atoms with van der Waals surface area (Å²) in [6, 6.07) is 8.66. The number of methoxy groups -OCH3 is 1. The lowest BCUT2D eigenvalue weighted by atomic mass is 9.73. The van der Waals surface area contributed by atoms with Gasteiger partial charge in [0.25, 0.3) is 0 Å². The van der Waals surface area contributed by atoms with Crippen LogP contribution in [-0.4, -0.2) is 30.6 Å². The van der Waals surface area contributed by atoms with Crippen molar-refractivity contribution >= 4 is 17.8 Å². The monoisotopic (exact) mass is 347 g/mol. The molecular weight excluding hydrogens is 322 g/mol. The maximum atomic E-state index is 12.8. The van der Waals surface area contributed by atoms with Gasteiger partial charge in [-0.05, 0) is 32.3 Å². The Hall–Kier alpha value is -2.37. The van der Waals surface area contributed by atoms with E-state index in [2.05, 4.69) is 5.32 Å². The zero-order valence-electron chi connectivity index (χ0n) is 15.2. The highest BCUT2D eigenvalue weighted by atomic mass is 16.6. The Bertz CT molecular complexity index is 650. The molecule has 6 heteroatoms. The molecule has 0 aromatic heterocycles. The smallest absolute Gasteiger partial charge is 0.318 e. The quantitative estimate of drug-likeness (QED) is 0.670. The van der Waals surface area contributed by atoms with Crippen molar-refractivity contribution in [2.24, 2.45) is 17.8 Å². The molecule has 1 amide bonds. The van der Waals surface area contributed by atoms with E-state index in [4.69, 9.17) is 9.47 Å². The summed E-state index contributed by atoms with van der Waals surface area (Å²) < 4.78 is 10.3. The fourth-order valence-corrected chi connectivity index (χ4v) is 3.20. The number of hydrogen-bond acceptors (Lipinski definition) is 5. The third-order valence-electron chi connectivity index (χ3n) is 4.32. The fourth-order valence-electron chi connectivity index (χ4n) is 3.20. The predicted molar refractivity (Wildman–Crippen MR) is 91.3 cm³/mol. The Morgan fingerprint density at radius 2 is 1.68 bits per heavy atom. The largest absolute Gasteiger partial charge is 0.468 e. The summed E-state index contributed by atoms with van der Waals surface area (Å²) in [6.45, 7) is 7.07. The standard InChI is InChI=1S/C19H25NO5/c1-11-13(18(23)25-19(2,3)4)15(12-9-7-6-8-10-12)20-16(21)14(11)17(22)24-5/h6-11,13-15H,1-5H3,(H,20,21)/t11-,13+,14+,15+/m1/s1. The van der Waals surface area contributed by atoms with Gasteiger partial charge in [-0.15, -0.1) is 0 Å². The van der Waals surface area contributed by atoms with Crippen LogP contribution in [0.25, 0.3) is 0 Å². The van der Waals surface area contributed by atoms with Crippen molar-refractivity contribution in [3.8, 4) is 0 Å². The molecule has 2 rings (SSSR count). The molecule has 0 aliphatic carbocycles. The van der Waals surface area contributed by atoms with Gasteiger partial charge in [0.1, 0.15) is 11.5 Å². The van der Waals surface area contributed by atoms with E-state index < -0.39 is 47.2 Å². The summed E-state index contributed by atoms with van der Waals surface area (Å²) in [5.74, 6) is -3.81. The average Bonchev–Trinajstić information content (AvgIpc) is 2.53. The molecule has 1 fully saturated rings. The molecular formula is C19H25NO5. The Morgan fingerprint density at radius 3 is 2.20 bits per heavy atom. The normalized spacial score (nSPS) is 26.5. The van der Waals surface area contributed by atoms with Gasteiger partial charge in [-0.25, -0.2) is 0 Å². The van der Waals surface area contributed by atoms with Crippen molar-refractivity contribution in [2.75, 3.05) is 7.11 Å². The first-order valence-corrected chi connectivity index (χ1v) is 8.31. The van der Waals surface area contributed by atoms with Crippen LogP contribution in [0, 0.1) is 17.8 Å². The zero-order valence-corrected chi connectivity index (χ0v) is 15.2. The lowest BCUT2D eigenvalue weighted by Gasteiger charge is -2.40. The minimum Gasteiger partial charge on any atom is -0.468 e. The van der Waals surface area contributed by atoms with E-state index in [-0.39, 0.29) is 0 Å². The number of piperidine rings is 1. The van der Waals surface area contributed by atoms with Crippen LogP contribution in [-0.2, 0) is 23.9 Å². The number of ether oxygens (including phenoxy) is 2. The van der Waals surface area contributed by atoms with Gasteiger partial charge in [0, 0.05) is 0 Å². The molecule has 0 spiro atoms. The number of rotatable bonds is 3. The molecule has 1 aromatic rings. The first-order chi connectivity index (χ1) is 11.7. The summed E-state index contributed by atoms with van der Waals surface area (Å²) in [7, 11) is 1.23. The molecule has 1 saturated heterocycles. The summed E-state index contributed by atoms with van der Waals surface area (Å²) in [4.78, 5) is 37.4. The first-order valence-electron chi connectivity index (χ1n) is 8.31. The van der Waals surface area contributed by atoms with Crippen molar-refractivity contribution in [3.05, 3.63) is 35.9 Å². The number of nitrogens with one attached hydrogen (secondary N) is 1. The van der Waals surface area contributed by atoms with Crippen LogP contribution >= 0.6 is 0 Å². The van der Waals surface area contributed by atoms with Crippen LogP contribution in [0.5, 0.6) is 0 Å². The molecule has 0 radical (unpaired) electrons. The van der Waals surface area contributed by atoms with Crippen LogP contribution in [0.1, 0.15) is 39.3 Å². The first kappa shape index (κ1) is 19.0. The van der Waals surface area contributed by atoms with Gasteiger partial charge < -0.3 is 14.8 Å². The molecule has 6 nitrogen and oxygen atoms in total. The number of esters is 2. The summed E-state index contributed by atoms with van der Waals surface area (Å²) in [5, 5.41) is 2.80. The maximum Gasteiger partial charge on any atom is 0.318 e. The highest BCUT2D eigenvalue weighted by Gasteiger charge is 2.50. The molecule has 1 aromatic carbocycles. The van der Waals surface area contributed by atoms with Crippen LogP contribution in [0.2, 0.25) is 0 Å². The van der Waals surface area contributed by atoms with Crippen molar-refractivity contribution in [1.82, 2.24) is 5.32 Å². The van der Waals surface area contributed by atoms with Gasteiger partial charge in [0.15, 0.2) is 0 Å². The third-order valence-corrected chi connectivity index (χ3v) is 4.32. The second-order valence-electron chi connectivity index (χ2n) is 7.32. The van der Waals surface area contributed by atoms with Crippen molar-refractivity contribution in [1.29, 1.82) is 0 Å². The minimum atomic E-state index is -1.04. The molecule has 4 atom stereocenters. The fraction of sp³-hybridized carbons (Fsp3) is 0.526. The van der Waals surface area contributed by atoms with Crippen molar-refractivity contribution in [2.45, 2.75) is 39.3 Å². The van der Waals surface area contributed by atoms with Crippen molar-refractivity contribution < 1.29 is 23.9 Å². The molecule has 0 bridgehead atoms. The highest BCUT2D eigenvalue weighted by molar-refractivity contribution is 6.00. The summed E-state index contributed by atoms with van der Waals surface area (Å²) >= 11 is 0. The van der Waals surface area contributed by atoms with Gasteiger partial charge >= 0.3 is 11.9 Å². The molecule has 1 aliphatic rings. The zero-order chi connectivity index (χ0) is 18.8. The van der Waals surface area contributed by atoms with E-state index in [9.17, 15) is 14.4 Å². The molecule has 136 valence electrons. The van der Waals surface area contributed by atoms with E-state index >= 15 is 0 Å². The molecule has 1 aliphatic heterocycles. The van der Waals surface area contributed by atoms with Gasteiger partial charge in [-0.3, -0.25) is 14.4 Å². The molecule has 25 heavy (non-hydrogen) atoms. The van der Waals surface area contributed by atoms with Crippen LogP contribution < -0.4 is 5.32 Å². The van der Waals surface area contributed by atoms with Crippen LogP contribution in [0.3, 0.4) is 0 Å². The number of amides is 1. The average molecular weight is 347 g/mol. The van der Waals surface area contributed by atoms with E-state index in [0.717, 1.165) is 5.56 Å². The van der Waals surface area contributed by atoms with Crippen LogP contribution in [0.15, 0.2) is 30.3 Å². The van der Waals surface area contributed by atoms with E-state index in [1.54, 1.807) is 27.7 Å². The predicted octanol–water partition coefficient (Wildman–Crippen LogP) is 2.24. The lowest BCUT2D eigenvalue weighted by molar-refractivity contribution is -0.170. The molecule has 1 heterocycles. The highest BCUT2D eigenvalue weighted by Crippen LogP contribution is 2.39. The number of carbonyl (C=O) groups excluding carboxylic acids is 3. The van der Waals surface area contributed by atoms with E-state index in [0.29, 0.717) is 0 Å². The maximum absolute atomic E-state index is 12.8. The van der Waals surface area contributed by atoms with Crippen molar-refractivity contribution in [3.63, 3.8) is 0 Å².